The Labute approximate surface area is 109 Å². The third-order valence-corrected chi connectivity index (χ3v) is 5.24. The van der Waals surface area contributed by atoms with Crippen LogP contribution in [0.25, 0.3) is 0 Å². The van der Waals surface area contributed by atoms with Gasteiger partial charge in [-0.1, -0.05) is 11.6 Å². The molecule has 2 N–H and O–H groups in total. The number of hydrogen-bond acceptors (Lipinski definition) is 5. The van der Waals surface area contributed by atoms with E-state index in [2.05, 4.69) is 16.1 Å². The van der Waals surface area contributed by atoms with E-state index >= 15 is 0 Å². The molecule has 8 heteroatoms. The lowest BCUT2D eigenvalue weighted by Gasteiger charge is -2.14. The fraction of sp³-hybridized carbons (Fsp3) is 0.800. The van der Waals surface area contributed by atoms with E-state index in [9.17, 15) is 16.8 Å². The minimum absolute atomic E-state index is 0.331. The molecule has 0 atom stereocenters. The zero-order valence-corrected chi connectivity index (χ0v) is 12.1. The summed E-state index contributed by atoms with van der Waals surface area (Å²) in [6, 6.07) is 0. The highest BCUT2D eigenvalue weighted by Gasteiger charge is 2.14. The van der Waals surface area contributed by atoms with Gasteiger partial charge < -0.3 is 5.32 Å². The number of sulfonamides is 1. The summed E-state index contributed by atoms with van der Waals surface area (Å²) in [5.74, 6) is -0.707. The van der Waals surface area contributed by atoms with E-state index in [0.717, 1.165) is 25.8 Å². The van der Waals surface area contributed by atoms with Gasteiger partial charge in [-0.15, -0.1) is 0 Å². The molecule has 0 bridgehead atoms. The molecule has 0 radical (unpaired) electrons. The predicted octanol–water partition coefficient (Wildman–Crippen LogP) is -0.740. The Morgan fingerprint density at radius 1 is 1.28 bits per heavy atom. The molecule has 0 unspecified atom stereocenters. The maximum Gasteiger partial charge on any atom is 0.212 e. The molecule has 6 nitrogen and oxygen atoms in total. The molecule has 1 heterocycles. The van der Waals surface area contributed by atoms with Gasteiger partial charge in [-0.2, -0.15) is 0 Å². The molecule has 1 aliphatic rings. The van der Waals surface area contributed by atoms with E-state index in [4.69, 9.17) is 0 Å². The standard InChI is InChI=1S/C10H20N2O4S2/c1-17(13,14)8-9-18(15,16)12-7-4-10-2-5-11-6-3-10/h2,11-12H,3-9H2,1H3. The van der Waals surface area contributed by atoms with Gasteiger partial charge in [0.15, 0.2) is 0 Å². The van der Waals surface area contributed by atoms with Gasteiger partial charge >= 0.3 is 0 Å². The van der Waals surface area contributed by atoms with Crippen LogP contribution in [0.3, 0.4) is 0 Å². The molecule has 0 aromatic rings. The van der Waals surface area contributed by atoms with Crippen molar-refractivity contribution < 1.29 is 16.8 Å². The van der Waals surface area contributed by atoms with Gasteiger partial charge in [0.2, 0.25) is 10.0 Å². The highest BCUT2D eigenvalue weighted by atomic mass is 32.2. The van der Waals surface area contributed by atoms with E-state index in [-0.39, 0.29) is 11.5 Å². The third kappa shape index (κ3) is 7.10. The van der Waals surface area contributed by atoms with Crippen LogP contribution in [0.15, 0.2) is 11.6 Å². The van der Waals surface area contributed by atoms with Crippen LogP contribution >= 0.6 is 0 Å². The van der Waals surface area contributed by atoms with Crippen LogP contribution in [0.5, 0.6) is 0 Å². The van der Waals surface area contributed by atoms with Crippen LogP contribution in [-0.4, -0.2) is 54.2 Å². The number of sulfone groups is 1. The van der Waals surface area contributed by atoms with E-state index in [1.807, 2.05) is 0 Å². The number of nitrogens with one attached hydrogen (secondary N) is 2. The average molecular weight is 296 g/mol. The van der Waals surface area contributed by atoms with Crippen molar-refractivity contribution in [2.45, 2.75) is 12.8 Å². The van der Waals surface area contributed by atoms with Crippen molar-refractivity contribution in [3.8, 4) is 0 Å². The summed E-state index contributed by atoms with van der Waals surface area (Å²) < 4.78 is 47.2. The molecule has 18 heavy (non-hydrogen) atoms. The van der Waals surface area contributed by atoms with Crippen LogP contribution in [0, 0.1) is 0 Å². The second-order valence-corrected chi connectivity index (χ2v) is 8.60. The molecule has 0 aromatic heterocycles. The van der Waals surface area contributed by atoms with E-state index in [0.29, 0.717) is 13.0 Å². The van der Waals surface area contributed by atoms with Crippen LogP contribution < -0.4 is 10.0 Å². The van der Waals surface area contributed by atoms with Gasteiger partial charge in [0.05, 0.1) is 11.5 Å². The molecule has 106 valence electrons. The Balaban J connectivity index is 2.31. The predicted molar refractivity (Wildman–Crippen MR) is 71.7 cm³/mol. The zero-order chi connectivity index (χ0) is 13.6. The van der Waals surface area contributed by atoms with E-state index < -0.39 is 19.9 Å². The highest BCUT2D eigenvalue weighted by molar-refractivity contribution is 7.93. The van der Waals surface area contributed by atoms with Gasteiger partial charge in [-0.3, -0.25) is 0 Å². The van der Waals surface area contributed by atoms with Gasteiger partial charge in [0, 0.05) is 19.3 Å². The topological polar surface area (TPSA) is 92.3 Å². The second-order valence-electron chi connectivity index (χ2n) is 4.41. The van der Waals surface area contributed by atoms with Crippen molar-refractivity contribution in [2.75, 3.05) is 37.4 Å². The van der Waals surface area contributed by atoms with Crippen LogP contribution in [0.2, 0.25) is 0 Å². The molecular formula is C10H20N2O4S2. The average Bonchev–Trinajstić information content (AvgIpc) is 2.27. The summed E-state index contributed by atoms with van der Waals surface area (Å²) >= 11 is 0. The summed E-state index contributed by atoms with van der Waals surface area (Å²) in [5.41, 5.74) is 1.24. The summed E-state index contributed by atoms with van der Waals surface area (Å²) in [6.45, 7) is 2.08. The third-order valence-electron chi connectivity index (χ3n) is 2.65. The monoisotopic (exact) mass is 296 g/mol. The lowest BCUT2D eigenvalue weighted by atomic mass is 10.1. The zero-order valence-electron chi connectivity index (χ0n) is 10.5. The fourth-order valence-electron chi connectivity index (χ4n) is 1.60. The fourth-order valence-corrected chi connectivity index (χ4v) is 4.24. The molecule has 0 aromatic carbocycles. The first kappa shape index (κ1) is 15.6. The minimum Gasteiger partial charge on any atom is -0.313 e. The Morgan fingerprint density at radius 2 is 2.00 bits per heavy atom. The van der Waals surface area contributed by atoms with Crippen LogP contribution in [0.1, 0.15) is 12.8 Å². The lowest BCUT2D eigenvalue weighted by molar-refractivity contribution is 0.577. The SMILES string of the molecule is CS(=O)(=O)CCS(=O)(=O)NCCC1=CCNCC1. The number of hydrogen-bond donors (Lipinski definition) is 2. The Kier molecular flexibility index (Phi) is 5.77. The van der Waals surface area contributed by atoms with Gasteiger partial charge in [-0.05, 0) is 19.4 Å². The molecular weight excluding hydrogens is 276 g/mol. The first-order valence-corrected chi connectivity index (χ1v) is 9.53. The van der Waals surface area contributed by atoms with Gasteiger partial charge in [-0.25, -0.2) is 21.6 Å². The largest absolute Gasteiger partial charge is 0.313 e. The van der Waals surface area contributed by atoms with E-state index in [1.165, 1.54) is 5.57 Å². The molecule has 0 saturated carbocycles. The molecule has 1 aliphatic heterocycles. The highest BCUT2D eigenvalue weighted by Crippen LogP contribution is 2.08. The first-order chi connectivity index (χ1) is 8.29. The maximum absolute atomic E-state index is 11.5. The molecule has 1 rings (SSSR count). The second kappa shape index (κ2) is 6.65. The lowest BCUT2D eigenvalue weighted by Crippen LogP contribution is -2.31. The van der Waals surface area contributed by atoms with Crippen molar-refractivity contribution >= 4 is 19.9 Å². The Morgan fingerprint density at radius 3 is 2.56 bits per heavy atom. The quantitative estimate of drug-likeness (QED) is 0.604. The summed E-state index contributed by atoms with van der Waals surface area (Å²) in [7, 11) is -6.73. The minimum atomic E-state index is -3.49. The van der Waals surface area contributed by atoms with Crippen molar-refractivity contribution in [2.24, 2.45) is 0 Å². The van der Waals surface area contributed by atoms with Crippen molar-refractivity contribution in [1.82, 2.24) is 10.0 Å². The van der Waals surface area contributed by atoms with Gasteiger partial charge in [0.25, 0.3) is 0 Å². The smallest absolute Gasteiger partial charge is 0.212 e. The maximum atomic E-state index is 11.5. The Hall–Kier alpha value is -0.440. The molecule has 0 aliphatic carbocycles. The number of rotatable bonds is 7. The van der Waals surface area contributed by atoms with Crippen LogP contribution in [0.4, 0.5) is 0 Å². The van der Waals surface area contributed by atoms with Gasteiger partial charge in [0.1, 0.15) is 9.84 Å². The summed E-state index contributed by atoms with van der Waals surface area (Å²) in [4.78, 5) is 0. The molecule has 0 spiro atoms. The molecule has 0 saturated heterocycles. The van der Waals surface area contributed by atoms with Crippen molar-refractivity contribution in [3.63, 3.8) is 0 Å². The van der Waals surface area contributed by atoms with E-state index in [1.54, 1.807) is 0 Å². The summed E-state index contributed by atoms with van der Waals surface area (Å²) in [5, 5.41) is 3.18. The Bertz CT molecular complexity index is 494. The van der Waals surface area contributed by atoms with Crippen LogP contribution in [-0.2, 0) is 19.9 Å². The molecule has 0 amide bonds. The summed E-state index contributed by atoms with van der Waals surface area (Å²) in [6.07, 6.45) is 4.71. The van der Waals surface area contributed by atoms with Crippen molar-refractivity contribution in [3.05, 3.63) is 11.6 Å². The van der Waals surface area contributed by atoms with Crippen molar-refractivity contribution in [1.29, 1.82) is 0 Å². The molecule has 0 fully saturated rings. The normalized spacial score (nSPS) is 17.5. The first-order valence-electron chi connectivity index (χ1n) is 5.82.